The van der Waals surface area contributed by atoms with Crippen molar-refractivity contribution in [1.29, 1.82) is 0 Å². The number of carbonyl (C=O) groups excluding carboxylic acids is 2. The Hall–Kier alpha value is -1.12. The number of piperidine rings is 1. The Balaban J connectivity index is 2.52. The van der Waals surface area contributed by atoms with Crippen molar-refractivity contribution < 1.29 is 9.59 Å². The van der Waals surface area contributed by atoms with Crippen LogP contribution in [0.3, 0.4) is 0 Å². The lowest BCUT2D eigenvalue weighted by atomic mass is 10.0. The second-order valence-corrected chi connectivity index (χ2v) is 2.71. The predicted molar refractivity (Wildman–Crippen MR) is 41.0 cm³/mol. The zero-order valence-corrected chi connectivity index (χ0v) is 6.30. The van der Waals surface area contributed by atoms with Crippen molar-refractivity contribution in [2.75, 3.05) is 0 Å². The largest absolute Gasteiger partial charge is 0.379 e. The quantitative estimate of drug-likeness (QED) is 0.461. The van der Waals surface area contributed by atoms with Gasteiger partial charge in [0.05, 0.1) is 6.04 Å². The summed E-state index contributed by atoms with van der Waals surface area (Å²) in [5, 5.41) is 2.89. The van der Waals surface area contributed by atoms with Crippen molar-refractivity contribution >= 4 is 12.1 Å². The molecule has 0 amide bonds. The molecule has 3 heteroatoms. The molecule has 1 N–H and O–H groups in total. The number of nitrogens with one attached hydrogen (secondary N) is 1. The minimum absolute atomic E-state index is 0.311. The third-order valence-corrected chi connectivity index (χ3v) is 1.81. The Morgan fingerprint density at radius 2 is 2.45 bits per heavy atom. The molecule has 0 aromatic heterocycles. The van der Waals surface area contributed by atoms with Gasteiger partial charge in [0.25, 0.3) is 0 Å². The number of rotatable bonds is 2. The van der Waals surface area contributed by atoms with Crippen molar-refractivity contribution in [3.05, 3.63) is 12.3 Å². The van der Waals surface area contributed by atoms with Gasteiger partial charge < -0.3 is 5.32 Å². The van der Waals surface area contributed by atoms with Crippen molar-refractivity contribution in [3.8, 4) is 0 Å². The molecule has 0 aromatic rings. The summed E-state index contributed by atoms with van der Waals surface area (Å²) < 4.78 is 0. The van der Waals surface area contributed by atoms with E-state index in [0.29, 0.717) is 6.29 Å². The Labute approximate surface area is 65.5 Å². The minimum Gasteiger partial charge on any atom is -0.379 e. The first-order valence-corrected chi connectivity index (χ1v) is 3.67. The number of aldehydes is 1. The van der Waals surface area contributed by atoms with E-state index in [-0.39, 0.29) is 11.8 Å². The molecule has 3 nitrogen and oxygen atoms in total. The van der Waals surface area contributed by atoms with Crippen LogP contribution in [-0.2, 0) is 9.59 Å². The van der Waals surface area contributed by atoms with E-state index in [0.717, 1.165) is 25.0 Å². The predicted octanol–water partition coefficient (Wildman–Crippen LogP) is 0.410. The van der Waals surface area contributed by atoms with Crippen molar-refractivity contribution in [2.45, 2.75) is 25.3 Å². The third-order valence-electron chi connectivity index (χ3n) is 1.81. The van der Waals surface area contributed by atoms with E-state index in [9.17, 15) is 9.59 Å². The molecule has 0 spiro atoms. The summed E-state index contributed by atoms with van der Waals surface area (Å²) in [6, 6.07) is -0.311. The van der Waals surface area contributed by atoms with Gasteiger partial charge in [0.1, 0.15) is 0 Å². The number of hydrogen-bond donors (Lipinski definition) is 1. The Morgan fingerprint density at radius 1 is 1.73 bits per heavy atom. The first-order chi connectivity index (χ1) is 5.24. The third kappa shape index (κ3) is 1.90. The van der Waals surface area contributed by atoms with E-state index >= 15 is 0 Å². The van der Waals surface area contributed by atoms with Gasteiger partial charge in [-0.25, -0.2) is 0 Å². The molecule has 1 rings (SSSR count). The molecule has 0 radical (unpaired) electrons. The van der Waals surface area contributed by atoms with Crippen LogP contribution in [0, 0.1) is 0 Å². The van der Waals surface area contributed by atoms with Gasteiger partial charge in [-0.3, -0.25) is 9.59 Å². The van der Waals surface area contributed by atoms with Crippen molar-refractivity contribution in [3.63, 3.8) is 0 Å². The van der Waals surface area contributed by atoms with E-state index in [1.165, 1.54) is 0 Å². The van der Waals surface area contributed by atoms with Gasteiger partial charge in [0.15, 0.2) is 6.29 Å². The monoisotopic (exact) mass is 153 g/mol. The van der Waals surface area contributed by atoms with Crippen LogP contribution >= 0.6 is 0 Å². The SMILES string of the molecule is C=C1CCCC(C(=O)C=O)N1. The van der Waals surface area contributed by atoms with Gasteiger partial charge in [-0.1, -0.05) is 6.58 Å². The van der Waals surface area contributed by atoms with Crippen molar-refractivity contribution in [1.82, 2.24) is 5.32 Å². The highest BCUT2D eigenvalue weighted by atomic mass is 16.2. The molecule has 11 heavy (non-hydrogen) atoms. The van der Waals surface area contributed by atoms with E-state index in [1.807, 2.05) is 0 Å². The maximum atomic E-state index is 10.8. The van der Waals surface area contributed by atoms with Gasteiger partial charge in [0.2, 0.25) is 5.78 Å². The molecular formula is C8H11NO2. The zero-order chi connectivity index (χ0) is 8.27. The summed E-state index contributed by atoms with van der Waals surface area (Å²) in [4.78, 5) is 20.9. The van der Waals surface area contributed by atoms with E-state index in [4.69, 9.17) is 0 Å². The van der Waals surface area contributed by atoms with Gasteiger partial charge in [-0.2, -0.15) is 0 Å². The fourth-order valence-electron chi connectivity index (χ4n) is 1.21. The lowest BCUT2D eigenvalue weighted by Crippen LogP contribution is -2.39. The van der Waals surface area contributed by atoms with E-state index in [1.54, 1.807) is 0 Å². The van der Waals surface area contributed by atoms with Gasteiger partial charge in [-0.15, -0.1) is 0 Å². The van der Waals surface area contributed by atoms with Gasteiger partial charge in [-0.05, 0) is 19.3 Å². The first-order valence-electron chi connectivity index (χ1n) is 3.67. The van der Waals surface area contributed by atoms with Crippen LogP contribution in [0.1, 0.15) is 19.3 Å². The second kappa shape index (κ2) is 3.32. The Bertz CT molecular complexity index is 198. The summed E-state index contributed by atoms with van der Waals surface area (Å²) in [7, 11) is 0. The molecular weight excluding hydrogens is 142 g/mol. The number of carbonyl (C=O) groups is 2. The van der Waals surface area contributed by atoms with Gasteiger partial charge >= 0.3 is 0 Å². The van der Waals surface area contributed by atoms with Crippen molar-refractivity contribution in [2.24, 2.45) is 0 Å². The maximum absolute atomic E-state index is 10.8. The molecule has 60 valence electrons. The van der Waals surface area contributed by atoms with E-state index in [2.05, 4.69) is 11.9 Å². The molecule has 1 fully saturated rings. The summed E-state index contributed by atoms with van der Waals surface area (Å²) in [5.74, 6) is -0.370. The van der Waals surface area contributed by atoms with Crippen LogP contribution in [0.25, 0.3) is 0 Å². The lowest BCUT2D eigenvalue weighted by Gasteiger charge is -2.23. The number of ketones is 1. The highest BCUT2D eigenvalue weighted by molar-refractivity contribution is 6.27. The van der Waals surface area contributed by atoms with Crippen LogP contribution in [-0.4, -0.2) is 18.1 Å². The standard InChI is InChI=1S/C8H11NO2/c1-6-3-2-4-7(9-6)8(11)5-10/h5,7,9H,1-4H2. The minimum atomic E-state index is -0.370. The van der Waals surface area contributed by atoms with Gasteiger partial charge in [0, 0.05) is 5.70 Å². The fourth-order valence-corrected chi connectivity index (χ4v) is 1.21. The summed E-state index contributed by atoms with van der Waals surface area (Å²) >= 11 is 0. The van der Waals surface area contributed by atoms with Crippen LogP contribution in [0.4, 0.5) is 0 Å². The normalized spacial score (nSPS) is 24.0. The number of allylic oxidation sites excluding steroid dienone is 1. The fraction of sp³-hybridized carbons (Fsp3) is 0.500. The van der Waals surface area contributed by atoms with Crippen LogP contribution in [0.2, 0.25) is 0 Å². The molecule has 0 bridgehead atoms. The van der Waals surface area contributed by atoms with Crippen LogP contribution in [0.15, 0.2) is 12.3 Å². The summed E-state index contributed by atoms with van der Waals surface area (Å²) in [5.41, 5.74) is 0.858. The molecule has 0 saturated carbocycles. The molecule has 1 unspecified atom stereocenters. The van der Waals surface area contributed by atoms with Crippen LogP contribution < -0.4 is 5.32 Å². The molecule has 1 aliphatic heterocycles. The average Bonchev–Trinajstić information content (AvgIpc) is 2.03. The molecule has 1 heterocycles. The topological polar surface area (TPSA) is 46.2 Å². The van der Waals surface area contributed by atoms with E-state index < -0.39 is 0 Å². The molecule has 1 saturated heterocycles. The average molecular weight is 153 g/mol. The highest BCUT2D eigenvalue weighted by Gasteiger charge is 2.20. The van der Waals surface area contributed by atoms with Crippen LogP contribution in [0.5, 0.6) is 0 Å². The Kier molecular flexibility index (Phi) is 2.41. The number of hydrogen-bond acceptors (Lipinski definition) is 3. The Morgan fingerprint density at radius 3 is 3.00 bits per heavy atom. The zero-order valence-electron chi connectivity index (χ0n) is 6.30. The molecule has 0 aliphatic carbocycles. The number of Topliss-reactive ketones (excluding diaryl/α,β-unsaturated/α-hetero) is 1. The molecule has 1 atom stereocenters. The highest BCUT2D eigenvalue weighted by Crippen LogP contribution is 2.13. The molecule has 1 aliphatic rings. The second-order valence-electron chi connectivity index (χ2n) is 2.71. The lowest BCUT2D eigenvalue weighted by molar-refractivity contribution is -0.131. The first kappa shape index (κ1) is 7.98. The summed E-state index contributed by atoms with van der Waals surface area (Å²) in [6.45, 7) is 3.70. The summed E-state index contributed by atoms with van der Waals surface area (Å²) in [6.07, 6.45) is 2.96. The smallest absolute Gasteiger partial charge is 0.217 e. The maximum Gasteiger partial charge on any atom is 0.217 e. The molecule has 0 aromatic carbocycles.